The van der Waals surface area contributed by atoms with Gasteiger partial charge in [0.25, 0.3) is 0 Å². The number of rotatable bonds is 3. The Kier molecular flexibility index (Phi) is 3.97. The Morgan fingerprint density at radius 3 is 2.71 bits per heavy atom. The SMILES string of the molecule is CCOC(=O)Nc1oc(-c2cc(F)ccc2F)c(O)c1O. The van der Waals surface area contributed by atoms with E-state index in [9.17, 15) is 23.8 Å². The fourth-order valence-electron chi connectivity index (χ4n) is 1.61. The number of amides is 1. The molecule has 0 bridgehead atoms. The number of halogens is 2. The number of ether oxygens (including phenoxy) is 1. The topological polar surface area (TPSA) is 91.9 Å². The van der Waals surface area contributed by atoms with Crippen LogP contribution in [0.3, 0.4) is 0 Å². The molecule has 2 aromatic rings. The summed E-state index contributed by atoms with van der Waals surface area (Å²) < 4.78 is 36.3. The van der Waals surface area contributed by atoms with Crippen LogP contribution in [-0.4, -0.2) is 22.9 Å². The molecule has 21 heavy (non-hydrogen) atoms. The molecular weight excluding hydrogens is 288 g/mol. The number of anilines is 1. The van der Waals surface area contributed by atoms with E-state index in [0.29, 0.717) is 0 Å². The Labute approximate surface area is 117 Å². The maximum atomic E-state index is 13.6. The molecule has 1 amide bonds. The van der Waals surface area contributed by atoms with Crippen LogP contribution in [0.4, 0.5) is 19.5 Å². The van der Waals surface area contributed by atoms with E-state index in [0.717, 1.165) is 18.2 Å². The summed E-state index contributed by atoms with van der Waals surface area (Å²) in [6, 6.07) is 2.50. The molecule has 0 radical (unpaired) electrons. The minimum absolute atomic E-state index is 0.0741. The summed E-state index contributed by atoms with van der Waals surface area (Å²) in [5.74, 6) is -4.33. The Bertz CT molecular complexity index is 683. The number of nitrogens with one attached hydrogen (secondary N) is 1. The van der Waals surface area contributed by atoms with Crippen molar-refractivity contribution < 1.29 is 32.9 Å². The molecular formula is C13H11F2NO5. The molecule has 0 unspecified atom stereocenters. The molecule has 112 valence electrons. The monoisotopic (exact) mass is 299 g/mol. The van der Waals surface area contributed by atoms with Gasteiger partial charge in [-0.2, -0.15) is 0 Å². The van der Waals surface area contributed by atoms with Crippen LogP contribution in [0.25, 0.3) is 11.3 Å². The Morgan fingerprint density at radius 2 is 2.05 bits per heavy atom. The predicted octanol–water partition coefficient (Wildman–Crippen LogP) is 3.20. The van der Waals surface area contributed by atoms with Gasteiger partial charge in [-0.15, -0.1) is 0 Å². The van der Waals surface area contributed by atoms with Crippen molar-refractivity contribution in [1.29, 1.82) is 0 Å². The summed E-state index contributed by atoms with van der Waals surface area (Å²) in [4.78, 5) is 11.2. The lowest BCUT2D eigenvalue weighted by Crippen LogP contribution is -2.12. The first-order valence-corrected chi connectivity index (χ1v) is 5.88. The van der Waals surface area contributed by atoms with Crippen LogP contribution >= 0.6 is 0 Å². The zero-order chi connectivity index (χ0) is 15.6. The van der Waals surface area contributed by atoms with E-state index in [-0.39, 0.29) is 6.61 Å². The lowest BCUT2D eigenvalue weighted by Gasteiger charge is -2.02. The van der Waals surface area contributed by atoms with E-state index < -0.39 is 46.4 Å². The van der Waals surface area contributed by atoms with Crippen LogP contribution in [0.2, 0.25) is 0 Å². The molecule has 0 atom stereocenters. The van der Waals surface area contributed by atoms with Crippen molar-refractivity contribution in [2.75, 3.05) is 11.9 Å². The van der Waals surface area contributed by atoms with Gasteiger partial charge in [-0.3, -0.25) is 5.32 Å². The molecule has 1 aromatic carbocycles. The van der Waals surface area contributed by atoms with E-state index in [1.165, 1.54) is 0 Å². The smallest absolute Gasteiger partial charge is 0.414 e. The molecule has 1 aromatic heterocycles. The maximum absolute atomic E-state index is 13.6. The van der Waals surface area contributed by atoms with Crippen LogP contribution in [0.5, 0.6) is 11.5 Å². The number of carbonyl (C=O) groups excluding carboxylic acids is 1. The van der Waals surface area contributed by atoms with Crippen LogP contribution in [0.1, 0.15) is 6.92 Å². The first-order valence-electron chi connectivity index (χ1n) is 5.88. The number of hydrogen-bond donors (Lipinski definition) is 3. The van der Waals surface area contributed by atoms with Gasteiger partial charge in [0.15, 0.2) is 5.76 Å². The van der Waals surface area contributed by atoms with Crippen molar-refractivity contribution in [2.45, 2.75) is 6.92 Å². The van der Waals surface area contributed by atoms with Gasteiger partial charge in [-0.25, -0.2) is 13.6 Å². The third-order valence-electron chi connectivity index (χ3n) is 2.52. The maximum Gasteiger partial charge on any atom is 0.414 e. The molecule has 0 spiro atoms. The number of carbonyl (C=O) groups is 1. The summed E-state index contributed by atoms with van der Waals surface area (Å²) in [5, 5.41) is 21.4. The highest BCUT2D eigenvalue weighted by Crippen LogP contribution is 2.45. The molecule has 6 nitrogen and oxygen atoms in total. The fourth-order valence-corrected chi connectivity index (χ4v) is 1.61. The first-order chi connectivity index (χ1) is 9.93. The number of benzene rings is 1. The summed E-state index contributed by atoms with van der Waals surface area (Å²) >= 11 is 0. The van der Waals surface area contributed by atoms with Crippen molar-refractivity contribution in [3.05, 3.63) is 29.8 Å². The molecule has 3 N–H and O–H groups in total. The van der Waals surface area contributed by atoms with Gasteiger partial charge < -0.3 is 19.4 Å². The summed E-state index contributed by atoms with van der Waals surface area (Å²) in [6.45, 7) is 1.64. The van der Waals surface area contributed by atoms with Crippen molar-refractivity contribution in [1.82, 2.24) is 0 Å². The van der Waals surface area contributed by atoms with Gasteiger partial charge >= 0.3 is 6.09 Å². The predicted molar refractivity (Wildman–Crippen MR) is 68.0 cm³/mol. The molecule has 0 saturated heterocycles. The summed E-state index contributed by atoms with van der Waals surface area (Å²) in [5.41, 5.74) is -0.403. The Morgan fingerprint density at radius 1 is 1.33 bits per heavy atom. The molecule has 1 heterocycles. The second-order valence-corrected chi connectivity index (χ2v) is 3.93. The van der Waals surface area contributed by atoms with Gasteiger partial charge in [0.05, 0.1) is 12.2 Å². The van der Waals surface area contributed by atoms with E-state index in [2.05, 4.69) is 4.74 Å². The third-order valence-corrected chi connectivity index (χ3v) is 2.52. The molecule has 0 fully saturated rings. The summed E-state index contributed by atoms with van der Waals surface area (Å²) in [7, 11) is 0. The second kappa shape index (κ2) is 5.70. The highest BCUT2D eigenvalue weighted by Gasteiger charge is 2.24. The molecule has 8 heteroatoms. The van der Waals surface area contributed by atoms with Crippen LogP contribution in [0.15, 0.2) is 22.6 Å². The van der Waals surface area contributed by atoms with Gasteiger partial charge in [0.2, 0.25) is 17.4 Å². The number of hydrogen-bond acceptors (Lipinski definition) is 5. The number of aromatic hydroxyl groups is 2. The normalized spacial score (nSPS) is 10.4. The van der Waals surface area contributed by atoms with Crippen LogP contribution in [-0.2, 0) is 4.74 Å². The highest BCUT2D eigenvalue weighted by atomic mass is 19.1. The van der Waals surface area contributed by atoms with Crippen LogP contribution < -0.4 is 5.32 Å². The standard InChI is InChI=1S/C13H11F2NO5/c1-2-20-13(19)16-12-10(18)9(17)11(21-12)7-5-6(14)3-4-8(7)15/h3-5,17-18H,2H2,1H3,(H,16,19). The van der Waals surface area contributed by atoms with Gasteiger partial charge in [0.1, 0.15) is 11.6 Å². The number of furan rings is 1. The molecule has 2 rings (SSSR count). The van der Waals surface area contributed by atoms with Gasteiger partial charge in [0, 0.05) is 0 Å². The second-order valence-electron chi connectivity index (χ2n) is 3.93. The Balaban J connectivity index is 2.42. The molecule has 0 aliphatic rings. The average Bonchev–Trinajstić information content (AvgIpc) is 2.70. The largest absolute Gasteiger partial charge is 0.502 e. The van der Waals surface area contributed by atoms with Gasteiger partial charge in [-0.1, -0.05) is 0 Å². The summed E-state index contributed by atoms with van der Waals surface area (Å²) in [6.07, 6.45) is -0.937. The molecule has 0 saturated carbocycles. The van der Waals surface area contributed by atoms with Crippen molar-refractivity contribution in [3.8, 4) is 22.8 Å². The van der Waals surface area contributed by atoms with E-state index in [1.807, 2.05) is 5.32 Å². The minimum Gasteiger partial charge on any atom is -0.502 e. The molecule has 0 aliphatic heterocycles. The van der Waals surface area contributed by atoms with Crippen molar-refractivity contribution in [3.63, 3.8) is 0 Å². The quantitative estimate of drug-likeness (QED) is 0.809. The zero-order valence-corrected chi connectivity index (χ0v) is 10.8. The lowest BCUT2D eigenvalue weighted by molar-refractivity contribution is 0.167. The van der Waals surface area contributed by atoms with E-state index in [1.54, 1.807) is 6.92 Å². The lowest BCUT2D eigenvalue weighted by atomic mass is 10.1. The molecule has 0 aliphatic carbocycles. The van der Waals surface area contributed by atoms with Crippen molar-refractivity contribution in [2.24, 2.45) is 0 Å². The van der Waals surface area contributed by atoms with E-state index >= 15 is 0 Å². The van der Waals surface area contributed by atoms with Gasteiger partial charge in [-0.05, 0) is 25.1 Å². The fraction of sp³-hybridized carbons (Fsp3) is 0.154. The third kappa shape index (κ3) is 2.88. The van der Waals surface area contributed by atoms with Crippen molar-refractivity contribution >= 4 is 12.0 Å². The van der Waals surface area contributed by atoms with Crippen LogP contribution in [0, 0.1) is 11.6 Å². The highest BCUT2D eigenvalue weighted by molar-refractivity contribution is 5.87. The van der Waals surface area contributed by atoms with E-state index in [4.69, 9.17) is 4.42 Å². The average molecular weight is 299 g/mol. The first kappa shape index (κ1) is 14.6. The zero-order valence-electron chi connectivity index (χ0n) is 10.8. The Hall–Kier alpha value is -2.77. The minimum atomic E-state index is -0.937.